The number of halogens is 3. The van der Waals surface area contributed by atoms with Crippen LogP contribution in [0.25, 0.3) is 0 Å². The lowest BCUT2D eigenvalue weighted by atomic mass is 10.1. The van der Waals surface area contributed by atoms with E-state index in [2.05, 4.69) is 9.82 Å². The summed E-state index contributed by atoms with van der Waals surface area (Å²) in [5.41, 5.74) is 4.15. The topological polar surface area (TPSA) is 142 Å². The Morgan fingerprint density at radius 1 is 1.18 bits per heavy atom. The van der Waals surface area contributed by atoms with Crippen molar-refractivity contribution < 1.29 is 41.4 Å². The van der Waals surface area contributed by atoms with Gasteiger partial charge in [0, 0.05) is 32.0 Å². The Bertz CT molecular complexity index is 1390. The van der Waals surface area contributed by atoms with E-state index in [0.29, 0.717) is 12.2 Å². The van der Waals surface area contributed by atoms with Crippen LogP contribution < -0.4 is 9.62 Å². The number of carboxylic acid groups (broad SMARTS) is 2. The number of aryl methyl sites for hydroxylation is 2. The van der Waals surface area contributed by atoms with E-state index in [1.54, 1.807) is 23.6 Å². The first-order valence-corrected chi connectivity index (χ1v) is 13.3. The average molecular weight is 577 g/mol. The van der Waals surface area contributed by atoms with Crippen molar-refractivity contribution in [3.05, 3.63) is 58.2 Å². The predicted octanol–water partition coefficient (Wildman–Crippen LogP) is 4.30. The number of rotatable bonds is 9. The molecule has 0 saturated carbocycles. The molecule has 0 amide bonds. The Morgan fingerprint density at radius 3 is 2.29 bits per heavy atom. The number of nitrogens with one attached hydrogen (secondary N) is 1. The molecule has 0 aliphatic carbocycles. The predicted molar refractivity (Wildman–Crippen MR) is 136 cm³/mol. The van der Waals surface area contributed by atoms with Gasteiger partial charge in [0.15, 0.2) is 0 Å². The first-order chi connectivity index (χ1) is 17.5. The number of alkyl halides is 3. The number of hydrogen-bond donors (Lipinski definition) is 3. The summed E-state index contributed by atoms with van der Waals surface area (Å²) in [5.74, 6) is -3.87. The molecule has 3 N–H and O–H groups in total. The number of aromatic carboxylic acids is 1. The number of nitrogens with zero attached hydrogens (tertiary/aromatic N) is 3. The number of benzene rings is 1. The first kappa shape index (κ1) is 30.6. The lowest BCUT2D eigenvalue weighted by Gasteiger charge is -2.22. The van der Waals surface area contributed by atoms with Crippen LogP contribution >= 0.6 is 11.3 Å². The van der Waals surface area contributed by atoms with Gasteiger partial charge in [-0.3, -0.25) is 9.40 Å². The van der Waals surface area contributed by atoms with Crippen molar-refractivity contribution in [3.8, 4) is 0 Å². The van der Waals surface area contributed by atoms with E-state index in [1.807, 2.05) is 37.5 Å². The van der Waals surface area contributed by atoms with Crippen molar-refractivity contribution in [2.24, 2.45) is 7.05 Å². The molecule has 0 radical (unpaired) electrons. The van der Waals surface area contributed by atoms with Crippen molar-refractivity contribution >= 4 is 44.7 Å². The number of carbonyl (C=O) groups is 2. The summed E-state index contributed by atoms with van der Waals surface area (Å²) in [5, 5.41) is 22.9. The van der Waals surface area contributed by atoms with E-state index in [4.69, 9.17) is 9.90 Å². The first-order valence-electron chi connectivity index (χ1n) is 11.0. The van der Waals surface area contributed by atoms with Crippen LogP contribution in [0.4, 0.5) is 24.5 Å². The molecule has 0 saturated heterocycles. The van der Waals surface area contributed by atoms with E-state index in [0.717, 1.165) is 35.6 Å². The van der Waals surface area contributed by atoms with Crippen LogP contribution in [-0.4, -0.2) is 60.1 Å². The molecule has 0 spiro atoms. The van der Waals surface area contributed by atoms with Crippen LogP contribution in [-0.2, 0) is 28.3 Å². The molecule has 15 heteroatoms. The molecule has 0 unspecified atom stereocenters. The molecule has 2 aromatic heterocycles. The Morgan fingerprint density at radius 2 is 1.82 bits per heavy atom. The molecule has 3 aromatic rings. The van der Waals surface area contributed by atoms with Crippen molar-refractivity contribution in [1.82, 2.24) is 9.78 Å². The lowest BCUT2D eigenvalue weighted by molar-refractivity contribution is -0.192. The molecule has 0 fully saturated rings. The van der Waals surface area contributed by atoms with Crippen molar-refractivity contribution in [2.75, 3.05) is 23.2 Å². The summed E-state index contributed by atoms with van der Waals surface area (Å²) < 4.78 is 61.1. The number of aliphatic carboxylic acids is 1. The third-order valence-electron chi connectivity index (χ3n) is 5.47. The maximum Gasteiger partial charge on any atom is 0.490 e. The Labute approximate surface area is 221 Å². The molecule has 0 atom stereocenters. The van der Waals surface area contributed by atoms with Gasteiger partial charge in [0.2, 0.25) is 0 Å². The summed E-state index contributed by atoms with van der Waals surface area (Å²) in [4.78, 5) is 22.6. The van der Waals surface area contributed by atoms with Gasteiger partial charge in [-0.2, -0.15) is 18.3 Å². The highest BCUT2D eigenvalue weighted by Gasteiger charge is 2.38. The fourth-order valence-electron chi connectivity index (χ4n) is 3.52. The van der Waals surface area contributed by atoms with E-state index in [-0.39, 0.29) is 15.5 Å². The standard InChI is InChI=1S/C21H26N4O4S2.C2HF3O2/c1-14-17(15(2)25(4)22-14)7-5-11-24(3)19-10-9-16(13-18(19)21(26)27)23-31(28,29)20-8-6-12-30-20;3-2(4,5)1(6)7/h6,8-10,12-13,23H,5,7,11H2,1-4H3,(H,26,27);(H,6,7). The van der Waals surface area contributed by atoms with E-state index >= 15 is 0 Å². The van der Waals surface area contributed by atoms with Crippen LogP contribution in [0.1, 0.15) is 33.7 Å². The van der Waals surface area contributed by atoms with Gasteiger partial charge in [0.25, 0.3) is 10.0 Å². The van der Waals surface area contributed by atoms with Crippen molar-refractivity contribution in [2.45, 2.75) is 37.1 Å². The van der Waals surface area contributed by atoms with Crippen LogP contribution in [0.5, 0.6) is 0 Å². The van der Waals surface area contributed by atoms with Crippen LogP contribution in [0.3, 0.4) is 0 Å². The van der Waals surface area contributed by atoms with Gasteiger partial charge in [-0.05, 0) is 61.9 Å². The monoisotopic (exact) mass is 576 g/mol. The largest absolute Gasteiger partial charge is 0.490 e. The smallest absolute Gasteiger partial charge is 0.478 e. The molecular weight excluding hydrogens is 549 g/mol. The number of hydrogen-bond acceptors (Lipinski definition) is 7. The molecule has 0 aliphatic rings. The van der Waals surface area contributed by atoms with E-state index in [9.17, 15) is 31.5 Å². The zero-order valence-electron chi connectivity index (χ0n) is 20.9. The zero-order valence-corrected chi connectivity index (χ0v) is 22.5. The van der Waals surface area contributed by atoms with E-state index < -0.39 is 28.1 Å². The lowest BCUT2D eigenvalue weighted by Crippen LogP contribution is -2.22. The van der Waals surface area contributed by atoms with Crippen LogP contribution in [0, 0.1) is 13.8 Å². The second kappa shape index (κ2) is 12.3. The summed E-state index contributed by atoms with van der Waals surface area (Å²) in [7, 11) is 0.0130. The molecule has 2 heterocycles. The highest BCUT2D eigenvalue weighted by molar-refractivity contribution is 7.94. The van der Waals surface area contributed by atoms with Crippen LogP contribution in [0.2, 0.25) is 0 Å². The van der Waals surface area contributed by atoms with Gasteiger partial charge in [-0.25, -0.2) is 18.0 Å². The van der Waals surface area contributed by atoms with Crippen molar-refractivity contribution in [3.63, 3.8) is 0 Å². The maximum absolute atomic E-state index is 12.4. The highest BCUT2D eigenvalue weighted by Crippen LogP contribution is 2.27. The normalized spacial score (nSPS) is 11.4. The second-order valence-corrected chi connectivity index (χ2v) is 11.0. The fourth-order valence-corrected chi connectivity index (χ4v) is 5.56. The molecule has 10 nitrogen and oxygen atoms in total. The van der Waals surface area contributed by atoms with Gasteiger partial charge in [0.1, 0.15) is 4.21 Å². The van der Waals surface area contributed by atoms with E-state index in [1.165, 1.54) is 17.7 Å². The molecule has 208 valence electrons. The minimum Gasteiger partial charge on any atom is -0.478 e. The SMILES string of the molecule is Cc1nn(C)c(C)c1CCCN(C)c1ccc(NS(=O)(=O)c2cccs2)cc1C(=O)O.O=C(O)C(F)(F)F. The zero-order chi connectivity index (χ0) is 28.8. The quantitative estimate of drug-likeness (QED) is 0.342. The molecule has 1 aromatic carbocycles. The molecule has 0 aliphatic heterocycles. The Hall–Kier alpha value is -3.59. The summed E-state index contributed by atoms with van der Waals surface area (Å²) in [6, 6.07) is 7.72. The summed E-state index contributed by atoms with van der Waals surface area (Å²) in [6.07, 6.45) is -3.41. The number of anilines is 2. The molecular formula is C23H27F3N4O6S2. The Kier molecular flexibility index (Phi) is 9.92. The van der Waals surface area contributed by atoms with Gasteiger partial charge < -0.3 is 15.1 Å². The van der Waals surface area contributed by atoms with Gasteiger partial charge >= 0.3 is 18.1 Å². The third-order valence-corrected chi connectivity index (χ3v) is 8.25. The number of thiophene rings is 1. The minimum absolute atomic E-state index is 0.0441. The molecule has 0 bridgehead atoms. The van der Waals surface area contributed by atoms with Crippen molar-refractivity contribution in [1.29, 1.82) is 0 Å². The van der Waals surface area contributed by atoms with Gasteiger partial charge in [-0.1, -0.05) is 6.07 Å². The third kappa shape index (κ3) is 7.95. The summed E-state index contributed by atoms with van der Waals surface area (Å²) >= 11 is 1.10. The fraction of sp³-hybridized carbons (Fsp3) is 0.348. The number of aromatic nitrogens is 2. The Balaban J connectivity index is 0.000000638. The summed E-state index contributed by atoms with van der Waals surface area (Å²) in [6.45, 7) is 4.68. The van der Waals surface area contributed by atoms with Crippen LogP contribution in [0.15, 0.2) is 39.9 Å². The molecule has 3 rings (SSSR count). The number of sulfonamides is 1. The average Bonchev–Trinajstić information content (AvgIpc) is 3.44. The van der Waals surface area contributed by atoms with Gasteiger partial charge in [-0.15, -0.1) is 11.3 Å². The molecule has 38 heavy (non-hydrogen) atoms. The second-order valence-electron chi connectivity index (χ2n) is 8.18. The highest BCUT2D eigenvalue weighted by atomic mass is 32.2. The number of carboxylic acids is 2. The minimum atomic E-state index is -5.08. The maximum atomic E-state index is 12.4. The van der Waals surface area contributed by atoms with Gasteiger partial charge in [0.05, 0.1) is 16.9 Å².